The number of hydrogen-bond acceptors (Lipinski definition) is 2. The smallest absolute Gasteiger partial charge is 0.0717 e. The van der Waals surface area contributed by atoms with Crippen molar-refractivity contribution >= 4 is 12.4 Å². The molecule has 0 aliphatic rings. The zero-order valence-electron chi connectivity index (χ0n) is 6.01. The summed E-state index contributed by atoms with van der Waals surface area (Å²) in [5.41, 5.74) is 2.75. The molecule has 0 radical (unpaired) electrons. The van der Waals surface area contributed by atoms with Gasteiger partial charge in [-0.2, -0.15) is 5.10 Å². The van der Waals surface area contributed by atoms with Crippen molar-refractivity contribution in [1.82, 2.24) is 10.2 Å². The summed E-state index contributed by atoms with van der Waals surface area (Å²) in [5.74, 6) is 0. The molecule has 0 amide bonds. The molecule has 0 unspecified atom stereocenters. The lowest BCUT2D eigenvalue weighted by molar-refractivity contribution is 0.280. The minimum absolute atomic E-state index is 0. The van der Waals surface area contributed by atoms with E-state index in [1.54, 1.807) is 0 Å². The van der Waals surface area contributed by atoms with Crippen LogP contribution >= 0.6 is 12.4 Å². The van der Waals surface area contributed by atoms with E-state index in [-0.39, 0.29) is 19.0 Å². The van der Waals surface area contributed by atoms with Crippen molar-refractivity contribution in [2.24, 2.45) is 0 Å². The average molecular weight is 163 g/mol. The number of aliphatic hydroxyl groups is 1. The minimum atomic E-state index is 0. The number of hydrogen-bond donors (Lipinski definition) is 2. The van der Waals surface area contributed by atoms with Gasteiger partial charge < -0.3 is 5.11 Å². The van der Waals surface area contributed by atoms with Gasteiger partial charge in [-0.05, 0) is 13.8 Å². The van der Waals surface area contributed by atoms with Crippen LogP contribution in [0.4, 0.5) is 0 Å². The first-order chi connectivity index (χ1) is 4.25. The summed E-state index contributed by atoms with van der Waals surface area (Å²) in [5, 5.41) is 15.4. The number of aliphatic hydroxyl groups excluding tert-OH is 1. The van der Waals surface area contributed by atoms with E-state index in [4.69, 9.17) is 5.11 Å². The molecule has 1 rings (SSSR count). The minimum Gasteiger partial charge on any atom is -0.392 e. The summed E-state index contributed by atoms with van der Waals surface area (Å²) in [6.45, 7) is 3.84. The maximum atomic E-state index is 8.73. The number of halogens is 1. The van der Waals surface area contributed by atoms with Gasteiger partial charge in [-0.15, -0.1) is 12.4 Å². The summed E-state index contributed by atoms with van der Waals surface area (Å²) >= 11 is 0. The zero-order valence-corrected chi connectivity index (χ0v) is 6.83. The Morgan fingerprint density at radius 2 is 2.10 bits per heavy atom. The standard InChI is InChI=1S/C6H10N2O.ClH/c1-4-6(3-9)5(2)8-7-4;/h9H,3H2,1-2H3,(H,7,8);1H. The molecule has 0 bridgehead atoms. The second-order valence-corrected chi connectivity index (χ2v) is 2.07. The molecule has 4 heteroatoms. The van der Waals surface area contributed by atoms with Gasteiger partial charge in [-0.25, -0.2) is 0 Å². The van der Waals surface area contributed by atoms with E-state index in [2.05, 4.69) is 10.2 Å². The molecule has 3 nitrogen and oxygen atoms in total. The van der Waals surface area contributed by atoms with Gasteiger partial charge in [0.2, 0.25) is 0 Å². The third kappa shape index (κ3) is 1.49. The summed E-state index contributed by atoms with van der Waals surface area (Å²) in [6, 6.07) is 0. The maximum Gasteiger partial charge on any atom is 0.0717 e. The molecular formula is C6H11ClN2O. The van der Waals surface area contributed by atoms with Gasteiger partial charge in [-0.1, -0.05) is 0 Å². The Labute approximate surface area is 65.9 Å². The quantitative estimate of drug-likeness (QED) is 0.646. The normalized spacial score (nSPS) is 9.10. The van der Waals surface area contributed by atoms with Gasteiger partial charge in [0.15, 0.2) is 0 Å². The van der Waals surface area contributed by atoms with Crippen LogP contribution in [0.3, 0.4) is 0 Å². The fourth-order valence-electron chi connectivity index (χ4n) is 0.807. The number of nitrogens with one attached hydrogen (secondary N) is 1. The van der Waals surface area contributed by atoms with Gasteiger partial charge in [0, 0.05) is 11.3 Å². The van der Waals surface area contributed by atoms with Crippen molar-refractivity contribution < 1.29 is 5.11 Å². The first kappa shape index (κ1) is 9.46. The molecule has 0 saturated carbocycles. The highest BCUT2D eigenvalue weighted by Crippen LogP contribution is 2.07. The highest BCUT2D eigenvalue weighted by atomic mass is 35.5. The third-order valence-corrected chi connectivity index (χ3v) is 1.44. The third-order valence-electron chi connectivity index (χ3n) is 1.44. The second kappa shape index (κ2) is 3.58. The van der Waals surface area contributed by atoms with Crippen LogP contribution in [0.25, 0.3) is 0 Å². The largest absolute Gasteiger partial charge is 0.392 e. The van der Waals surface area contributed by atoms with Crippen molar-refractivity contribution in [3.8, 4) is 0 Å². The van der Waals surface area contributed by atoms with Crippen molar-refractivity contribution in [3.05, 3.63) is 17.0 Å². The van der Waals surface area contributed by atoms with E-state index < -0.39 is 0 Å². The van der Waals surface area contributed by atoms with Gasteiger partial charge in [-0.3, -0.25) is 5.10 Å². The average Bonchev–Trinajstić information content (AvgIpc) is 2.12. The molecular weight excluding hydrogens is 152 g/mol. The van der Waals surface area contributed by atoms with E-state index >= 15 is 0 Å². The summed E-state index contributed by atoms with van der Waals surface area (Å²) in [6.07, 6.45) is 0. The van der Waals surface area contributed by atoms with Gasteiger partial charge >= 0.3 is 0 Å². The molecule has 0 saturated heterocycles. The van der Waals surface area contributed by atoms with Gasteiger partial charge in [0.25, 0.3) is 0 Å². The Balaban J connectivity index is 0.000000810. The first-order valence-electron chi connectivity index (χ1n) is 2.87. The Bertz CT molecular complexity index is 190. The number of H-pyrrole nitrogens is 1. The zero-order chi connectivity index (χ0) is 6.85. The number of rotatable bonds is 1. The van der Waals surface area contributed by atoms with Crippen molar-refractivity contribution in [2.45, 2.75) is 20.5 Å². The van der Waals surface area contributed by atoms with E-state index in [1.807, 2.05) is 13.8 Å². The summed E-state index contributed by atoms with van der Waals surface area (Å²) in [7, 11) is 0. The summed E-state index contributed by atoms with van der Waals surface area (Å²) < 4.78 is 0. The highest BCUT2D eigenvalue weighted by molar-refractivity contribution is 5.85. The molecule has 0 fully saturated rings. The van der Waals surface area contributed by atoms with Crippen LogP contribution < -0.4 is 0 Å². The van der Waals surface area contributed by atoms with Crippen molar-refractivity contribution in [1.29, 1.82) is 0 Å². The second-order valence-electron chi connectivity index (χ2n) is 2.07. The first-order valence-corrected chi connectivity index (χ1v) is 2.87. The lowest BCUT2D eigenvalue weighted by atomic mass is 10.2. The Kier molecular flexibility index (Phi) is 3.39. The number of aryl methyl sites for hydroxylation is 2. The van der Waals surface area contributed by atoms with Crippen molar-refractivity contribution in [2.75, 3.05) is 0 Å². The van der Waals surface area contributed by atoms with Crippen LogP contribution in [0.5, 0.6) is 0 Å². The molecule has 1 heterocycles. The lowest BCUT2D eigenvalue weighted by Gasteiger charge is -1.90. The molecule has 0 aliphatic heterocycles. The summed E-state index contributed by atoms with van der Waals surface area (Å²) in [4.78, 5) is 0. The molecule has 0 spiro atoms. The van der Waals surface area contributed by atoms with E-state index in [9.17, 15) is 0 Å². The van der Waals surface area contributed by atoms with Crippen LogP contribution in [0.2, 0.25) is 0 Å². The molecule has 0 aliphatic carbocycles. The van der Waals surface area contributed by atoms with Crippen LogP contribution in [-0.2, 0) is 6.61 Å². The van der Waals surface area contributed by atoms with Gasteiger partial charge in [0.1, 0.15) is 0 Å². The topological polar surface area (TPSA) is 48.9 Å². The Morgan fingerprint density at radius 3 is 2.30 bits per heavy atom. The molecule has 2 N–H and O–H groups in total. The van der Waals surface area contributed by atoms with E-state index in [0.29, 0.717) is 0 Å². The predicted octanol–water partition coefficient (Wildman–Crippen LogP) is 0.941. The lowest BCUT2D eigenvalue weighted by Crippen LogP contribution is -1.85. The number of aromatic nitrogens is 2. The molecule has 1 aromatic heterocycles. The van der Waals surface area contributed by atoms with E-state index in [0.717, 1.165) is 17.0 Å². The number of nitrogens with zero attached hydrogens (tertiary/aromatic N) is 1. The van der Waals surface area contributed by atoms with Gasteiger partial charge in [0.05, 0.1) is 12.3 Å². The number of aromatic amines is 1. The SMILES string of the molecule is Cc1n[nH]c(C)c1CO.Cl. The fraction of sp³-hybridized carbons (Fsp3) is 0.500. The highest BCUT2D eigenvalue weighted by Gasteiger charge is 2.02. The fourth-order valence-corrected chi connectivity index (χ4v) is 0.807. The molecule has 10 heavy (non-hydrogen) atoms. The maximum absolute atomic E-state index is 8.73. The Morgan fingerprint density at radius 1 is 1.50 bits per heavy atom. The molecule has 0 atom stereocenters. The van der Waals surface area contributed by atoms with Crippen LogP contribution in [0.15, 0.2) is 0 Å². The van der Waals surface area contributed by atoms with Crippen molar-refractivity contribution in [3.63, 3.8) is 0 Å². The molecule has 1 aromatic rings. The predicted molar refractivity (Wildman–Crippen MR) is 41.2 cm³/mol. The van der Waals surface area contributed by atoms with Crippen LogP contribution in [0, 0.1) is 13.8 Å². The Hall–Kier alpha value is -0.540. The molecule has 0 aromatic carbocycles. The van der Waals surface area contributed by atoms with E-state index in [1.165, 1.54) is 0 Å². The van der Waals surface area contributed by atoms with Crippen LogP contribution in [0.1, 0.15) is 17.0 Å². The van der Waals surface area contributed by atoms with Crippen LogP contribution in [-0.4, -0.2) is 15.3 Å². The monoisotopic (exact) mass is 162 g/mol. The molecule has 58 valence electrons.